The molecule has 2 nitrogen and oxygen atoms in total. The molecule has 1 aliphatic rings. The first kappa shape index (κ1) is 7.80. The Morgan fingerprint density at radius 2 is 2.10 bits per heavy atom. The number of carbonyl (C=O) groups is 1. The van der Waals surface area contributed by atoms with E-state index in [9.17, 15) is 4.79 Å². The number of hydrogen-bond donors (Lipinski definition) is 0. The molecule has 0 N–H and O–H groups in total. The van der Waals surface area contributed by atoms with E-state index in [1.165, 1.54) is 25.9 Å². The van der Waals surface area contributed by atoms with E-state index in [0.29, 0.717) is 5.92 Å². The third kappa shape index (κ3) is 2.14. The van der Waals surface area contributed by atoms with E-state index >= 15 is 0 Å². The molecule has 0 saturated carbocycles. The molecule has 0 aliphatic carbocycles. The van der Waals surface area contributed by atoms with E-state index in [1.807, 2.05) is 0 Å². The molecular formula is C7H14BNO. The summed E-state index contributed by atoms with van der Waals surface area (Å²) >= 11 is 0. The molecule has 1 fully saturated rings. The summed E-state index contributed by atoms with van der Waals surface area (Å²) in [5, 5.41) is 0. The summed E-state index contributed by atoms with van der Waals surface area (Å²) in [5.74, 6) is 0.675. The van der Waals surface area contributed by atoms with Crippen LogP contribution >= 0.6 is 0 Å². The number of carbonyl (C=O) groups excluding carboxylic acids is 1. The molecule has 56 valence electrons. The predicted octanol–water partition coefficient (Wildman–Crippen LogP) is -0.165. The minimum atomic E-state index is 0.675. The van der Waals surface area contributed by atoms with Crippen LogP contribution in [0.3, 0.4) is 0 Å². The lowest BCUT2D eigenvalue weighted by atomic mass is 9.93. The molecule has 0 spiro atoms. The standard InChI is InChI=1S/C7H14BNO/c8-9-4-1-7(2-5-9)3-6-10/h6-7H,1-5,8H2. The van der Waals surface area contributed by atoms with E-state index < -0.39 is 0 Å². The van der Waals surface area contributed by atoms with Crippen molar-refractivity contribution in [2.45, 2.75) is 19.3 Å². The van der Waals surface area contributed by atoms with Crippen LogP contribution in [0.2, 0.25) is 0 Å². The van der Waals surface area contributed by atoms with E-state index in [-0.39, 0.29) is 0 Å². The minimum Gasteiger partial charge on any atom is -0.349 e. The molecule has 0 unspecified atom stereocenters. The number of hydrogen-bond acceptors (Lipinski definition) is 2. The summed E-state index contributed by atoms with van der Waals surface area (Å²) in [7, 11) is 2.14. The van der Waals surface area contributed by atoms with Gasteiger partial charge in [0.1, 0.15) is 6.29 Å². The van der Waals surface area contributed by atoms with Crippen LogP contribution < -0.4 is 0 Å². The highest BCUT2D eigenvalue weighted by Gasteiger charge is 2.14. The Morgan fingerprint density at radius 3 is 2.60 bits per heavy atom. The smallest absolute Gasteiger partial charge is 0.185 e. The third-order valence-corrected chi connectivity index (χ3v) is 2.27. The number of nitrogens with zero attached hydrogens (tertiary/aromatic N) is 1. The molecule has 1 saturated heterocycles. The average molecular weight is 139 g/mol. The van der Waals surface area contributed by atoms with E-state index in [4.69, 9.17) is 0 Å². The van der Waals surface area contributed by atoms with E-state index in [1.54, 1.807) is 0 Å². The molecule has 10 heavy (non-hydrogen) atoms. The zero-order valence-electron chi connectivity index (χ0n) is 6.55. The van der Waals surface area contributed by atoms with Crippen molar-refractivity contribution in [2.75, 3.05) is 13.1 Å². The average Bonchev–Trinajstić information content (AvgIpc) is 1.95. The number of aldehydes is 1. The van der Waals surface area contributed by atoms with Gasteiger partial charge in [0.05, 0.1) is 0 Å². The maximum atomic E-state index is 10.1. The molecule has 1 rings (SSSR count). The quantitative estimate of drug-likeness (QED) is 0.391. The van der Waals surface area contributed by atoms with Gasteiger partial charge in [-0.15, -0.1) is 0 Å². The third-order valence-electron chi connectivity index (χ3n) is 2.27. The van der Waals surface area contributed by atoms with Crippen LogP contribution in [0, 0.1) is 5.92 Å². The Morgan fingerprint density at radius 1 is 1.50 bits per heavy atom. The highest BCUT2D eigenvalue weighted by atomic mass is 16.1. The van der Waals surface area contributed by atoms with Gasteiger partial charge in [0, 0.05) is 6.42 Å². The molecule has 0 aromatic heterocycles. The van der Waals surface area contributed by atoms with Crippen LogP contribution in [-0.2, 0) is 4.79 Å². The van der Waals surface area contributed by atoms with E-state index in [2.05, 4.69) is 12.8 Å². The lowest BCUT2D eigenvalue weighted by molar-refractivity contribution is -0.108. The maximum Gasteiger partial charge on any atom is 0.185 e. The Labute approximate surface area is 63.0 Å². The van der Waals surface area contributed by atoms with Crippen LogP contribution in [0.4, 0.5) is 0 Å². The first-order chi connectivity index (χ1) is 4.83. The van der Waals surface area contributed by atoms with Crippen LogP contribution in [0.1, 0.15) is 19.3 Å². The van der Waals surface area contributed by atoms with Gasteiger partial charge >= 0.3 is 0 Å². The van der Waals surface area contributed by atoms with Gasteiger partial charge in [0.15, 0.2) is 7.98 Å². The van der Waals surface area contributed by atoms with Gasteiger partial charge in [-0.05, 0) is 31.8 Å². The molecule has 0 aromatic rings. The Kier molecular flexibility index (Phi) is 2.94. The molecule has 0 atom stereocenters. The van der Waals surface area contributed by atoms with E-state index in [0.717, 1.165) is 12.7 Å². The zero-order chi connectivity index (χ0) is 7.40. The Bertz CT molecular complexity index is 110. The first-order valence-corrected chi connectivity index (χ1v) is 3.95. The van der Waals surface area contributed by atoms with Gasteiger partial charge in [-0.3, -0.25) is 0 Å². The van der Waals surface area contributed by atoms with Crippen molar-refractivity contribution in [1.29, 1.82) is 0 Å². The molecule has 0 amide bonds. The summed E-state index contributed by atoms with van der Waals surface area (Å²) in [5.41, 5.74) is 0. The summed E-state index contributed by atoms with van der Waals surface area (Å²) in [6.45, 7) is 2.33. The summed E-state index contributed by atoms with van der Waals surface area (Å²) in [4.78, 5) is 12.5. The van der Waals surface area contributed by atoms with Crippen LogP contribution in [-0.4, -0.2) is 32.2 Å². The zero-order valence-corrected chi connectivity index (χ0v) is 6.55. The van der Waals surface area contributed by atoms with Crippen molar-refractivity contribution in [3.63, 3.8) is 0 Å². The first-order valence-electron chi connectivity index (χ1n) is 3.95. The maximum absolute atomic E-state index is 10.1. The number of rotatable bonds is 2. The van der Waals surface area contributed by atoms with Gasteiger partial charge in [-0.1, -0.05) is 0 Å². The second kappa shape index (κ2) is 3.76. The molecule has 1 heterocycles. The molecule has 0 radical (unpaired) electrons. The molecule has 1 aliphatic heterocycles. The Balaban J connectivity index is 2.19. The summed E-state index contributed by atoms with van der Waals surface area (Å²) in [6, 6.07) is 0. The fourth-order valence-electron chi connectivity index (χ4n) is 1.43. The van der Waals surface area contributed by atoms with Crippen molar-refractivity contribution in [3.05, 3.63) is 0 Å². The highest BCUT2D eigenvalue weighted by Crippen LogP contribution is 2.17. The van der Waals surface area contributed by atoms with Gasteiger partial charge in [-0.25, -0.2) is 0 Å². The summed E-state index contributed by atoms with van der Waals surface area (Å²) < 4.78 is 0. The number of piperidine rings is 1. The van der Waals surface area contributed by atoms with Crippen LogP contribution in [0.25, 0.3) is 0 Å². The van der Waals surface area contributed by atoms with Crippen molar-refractivity contribution < 1.29 is 4.79 Å². The van der Waals surface area contributed by atoms with Gasteiger partial charge < -0.3 is 9.61 Å². The minimum absolute atomic E-state index is 0.675. The second-order valence-corrected chi connectivity index (χ2v) is 3.15. The van der Waals surface area contributed by atoms with Gasteiger partial charge in [0.2, 0.25) is 0 Å². The second-order valence-electron chi connectivity index (χ2n) is 3.15. The van der Waals surface area contributed by atoms with Gasteiger partial charge in [-0.2, -0.15) is 0 Å². The summed E-state index contributed by atoms with van der Waals surface area (Å²) in [6.07, 6.45) is 4.23. The molecule has 0 bridgehead atoms. The Hall–Kier alpha value is -0.305. The lowest BCUT2D eigenvalue weighted by Crippen LogP contribution is -2.31. The van der Waals surface area contributed by atoms with Crippen molar-refractivity contribution in [1.82, 2.24) is 4.81 Å². The highest BCUT2D eigenvalue weighted by molar-refractivity contribution is 6.04. The van der Waals surface area contributed by atoms with Crippen molar-refractivity contribution >= 4 is 14.3 Å². The van der Waals surface area contributed by atoms with Crippen molar-refractivity contribution in [3.8, 4) is 0 Å². The predicted molar refractivity (Wildman–Crippen MR) is 43.5 cm³/mol. The largest absolute Gasteiger partial charge is 0.349 e. The normalized spacial score (nSPS) is 22.8. The molecule has 3 heteroatoms. The van der Waals surface area contributed by atoms with Gasteiger partial charge in [0.25, 0.3) is 0 Å². The topological polar surface area (TPSA) is 20.3 Å². The lowest BCUT2D eigenvalue weighted by Gasteiger charge is -2.27. The molecule has 0 aromatic carbocycles. The monoisotopic (exact) mass is 139 g/mol. The fraction of sp³-hybridized carbons (Fsp3) is 0.857. The van der Waals surface area contributed by atoms with Crippen LogP contribution in [0.5, 0.6) is 0 Å². The molecular weight excluding hydrogens is 125 g/mol. The fourth-order valence-corrected chi connectivity index (χ4v) is 1.43. The van der Waals surface area contributed by atoms with Crippen molar-refractivity contribution in [2.24, 2.45) is 5.92 Å². The van der Waals surface area contributed by atoms with Crippen LogP contribution in [0.15, 0.2) is 0 Å². The SMILES string of the molecule is BN1CCC(CC=O)CC1.